The molecular formula is C19H27N3O5S. The molecule has 0 radical (unpaired) electrons. The van der Waals surface area contributed by atoms with Gasteiger partial charge in [0.15, 0.2) is 0 Å². The summed E-state index contributed by atoms with van der Waals surface area (Å²) < 4.78 is 33.1. The van der Waals surface area contributed by atoms with Gasteiger partial charge in [0, 0.05) is 24.2 Å². The number of nitrogens with one attached hydrogen (secondary N) is 2. The zero-order chi connectivity index (χ0) is 20.3. The van der Waals surface area contributed by atoms with Crippen molar-refractivity contribution in [1.29, 1.82) is 0 Å². The van der Waals surface area contributed by atoms with Gasteiger partial charge in [0.25, 0.3) is 5.91 Å². The first-order chi connectivity index (χ1) is 13.3. The minimum Gasteiger partial charge on any atom is -0.495 e. The summed E-state index contributed by atoms with van der Waals surface area (Å²) >= 11 is 0. The molecule has 1 aliphatic carbocycles. The summed E-state index contributed by atoms with van der Waals surface area (Å²) in [6.45, 7) is 2.19. The first kappa shape index (κ1) is 20.6. The van der Waals surface area contributed by atoms with Gasteiger partial charge in [0.1, 0.15) is 10.6 Å². The molecule has 2 N–H and O–H groups in total. The molecule has 28 heavy (non-hydrogen) atoms. The minimum absolute atomic E-state index is 0.0289. The quantitative estimate of drug-likeness (QED) is 0.706. The summed E-state index contributed by atoms with van der Waals surface area (Å²) in [5, 5.41) is 5.32. The van der Waals surface area contributed by atoms with Crippen LogP contribution in [0.15, 0.2) is 23.1 Å². The van der Waals surface area contributed by atoms with Crippen LogP contribution in [0, 0.1) is 0 Å². The number of sulfonamides is 1. The normalized spacial score (nSPS) is 20.4. The van der Waals surface area contributed by atoms with Crippen molar-refractivity contribution in [2.75, 3.05) is 20.2 Å². The monoisotopic (exact) mass is 409 g/mol. The lowest BCUT2D eigenvalue weighted by Gasteiger charge is -2.32. The van der Waals surface area contributed by atoms with Gasteiger partial charge in [-0.25, -0.2) is 8.42 Å². The predicted molar refractivity (Wildman–Crippen MR) is 104 cm³/mol. The molecule has 9 heteroatoms. The number of hydrogen-bond donors (Lipinski definition) is 2. The van der Waals surface area contributed by atoms with Gasteiger partial charge in [-0.3, -0.25) is 9.59 Å². The van der Waals surface area contributed by atoms with Gasteiger partial charge < -0.3 is 15.4 Å². The highest BCUT2D eigenvalue weighted by atomic mass is 32.2. The second-order valence-corrected chi connectivity index (χ2v) is 9.21. The van der Waals surface area contributed by atoms with Crippen molar-refractivity contribution in [3.8, 4) is 5.75 Å². The van der Waals surface area contributed by atoms with E-state index in [0.717, 1.165) is 32.1 Å². The van der Waals surface area contributed by atoms with E-state index in [9.17, 15) is 18.0 Å². The molecule has 1 atom stereocenters. The fourth-order valence-electron chi connectivity index (χ4n) is 3.34. The number of carbonyl (C=O) groups is 2. The third-order valence-electron chi connectivity index (χ3n) is 5.11. The van der Waals surface area contributed by atoms with E-state index < -0.39 is 15.9 Å². The number of ether oxygens (including phenoxy) is 1. The van der Waals surface area contributed by atoms with Crippen molar-refractivity contribution in [3.63, 3.8) is 0 Å². The molecule has 1 saturated carbocycles. The largest absolute Gasteiger partial charge is 0.495 e. The summed E-state index contributed by atoms with van der Waals surface area (Å²) in [6, 6.07) is 4.40. The third-order valence-corrected chi connectivity index (χ3v) is 7.14. The lowest BCUT2D eigenvalue weighted by molar-refractivity contribution is -0.120. The Balaban J connectivity index is 1.78. The third kappa shape index (κ3) is 4.64. The zero-order valence-electron chi connectivity index (χ0n) is 16.2. The SMILES string of the molecule is COc1ccc(C(=O)NCC(=O)NC2CC2)cc1S(=O)(=O)N1CCCC[C@H]1C. The standard InChI is InChI=1S/C19H27N3O5S/c1-13-5-3-4-10-22(13)28(25,26)17-11-14(6-9-16(17)27-2)19(24)20-12-18(23)21-15-7-8-15/h6,9,11,13,15H,3-5,7-8,10,12H2,1-2H3,(H,20,24)(H,21,23)/t13-/m1/s1. The summed E-state index contributed by atoms with van der Waals surface area (Å²) in [5.41, 5.74) is 0.170. The molecule has 0 unspecified atom stereocenters. The molecule has 8 nitrogen and oxygen atoms in total. The Morgan fingerprint density at radius 3 is 2.61 bits per heavy atom. The summed E-state index contributed by atoms with van der Waals surface area (Å²) in [7, 11) is -2.40. The highest BCUT2D eigenvalue weighted by molar-refractivity contribution is 7.89. The number of amides is 2. The van der Waals surface area contributed by atoms with Gasteiger partial charge in [0.05, 0.1) is 13.7 Å². The molecule has 1 saturated heterocycles. The molecule has 1 aromatic rings. The maximum atomic E-state index is 13.2. The number of methoxy groups -OCH3 is 1. The summed E-state index contributed by atoms with van der Waals surface area (Å²) in [6.07, 6.45) is 4.54. The van der Waals surface area contributed by atoms with Crippen LogP contribution < -0.4 is 15.4 Å². The average Bonchev–Trinajstić information content (AvgIpc) is 3.49. The fraction of sp³-hybridized carbons (Fsp3) is 0.579. The molecule has 154 valence electrons. The highest BCUT2D eigenvalue weighted by Crippen LogP contribution is 2.31. The van der Waals surface area contributed by atoms with E-state index in [4.69, 9.17) is 4.74 Å². The van der Waals surface area contributed by atoms with Gasteiger partial charge in [-0.05, 0) is 50.8 Å². The number of carbonyl (C=O) groups excluding carboxylic acids is 2. The average molecular weight is 410 g/mol. The van der Waals surface area contributed by atoms with E-state index in [1.54, 1.807) is 0 Å². The molecule has 2 amide bonds. The van der Waals surface area contributed by atoms with E-state index in [0.29, 0.717) is 6.54 Å². The van der Waals surface area contributed by atoms with Crippen molar-refractivity contribution in [2.45, 2.75) is 56.0 Å². The summed E-state index contributed by atoms with van der Waals surface area (Å²) in [5.74, 6) is -0.558. The maximum Gasteiger partial charge on any atom is 0.251 e. The number of rotatable bonds is 7. The smallest absolute Gasteiger partial charge is 0.251 e. The number of nitrogens with zero attached hydrogens (tertiary/aromatic N) is 1. The van der Waals surface area contributed by atoms with Gasteiger partial charge in [-0.1, -0.05) is 6.42 Å². The van der Waals surface area contributed by atoms with E-state index in [1.807, 2.05) is 6.92 Å². The van der Waals surface area contributed by atoms with Crippen molar-refractivity contribution >= 4 is 21.8 Å². The Morgan fingerprint density at radius 2 is 1.96 bits per heavy atom. The molecule has 2 fully saturated rings. The lowest BCUT2D eigenvalue weighted by Crippen LogP contribution is -2.42. The van der Waals surface area contributed by atoms with Crippen LogP contribution in [-0.2, 0) is 14.8 Å². The first-order valence-electron chi connectivity index (χ1n) is 9.60. The Morgan fingerprint density at radius 1 is 1.21 bits per heavy atom. The van der Waals surface area contributed by atoms with Crippen LogP contribution >= 0.6 is 0 Å². The van der Waals surface area contributed by atoms with Crippen LogP contribution in [0.2, 0.25) is 0 Å². The van der Waals surface area contributed by atoms with Gasteiger partial charge in [-0.15, -0.1) is 0 Å². The zero-order valence-corrected chi connectivity index (χ0v) is 17.0. The molecular weight excluding hydrogens is 382 g/mol. The minimum atomic E-state index is -3.80. The molecule has 1 aliphatic heterocycles. The molecule has 1 aromatic carbocycles. The topological polar surface area (TPSA) is 105 Å². The van der Waals surface area contributed by atoms with Crippen LogP contribution in [-0.4, -0.2) is 56.8 Å². The molecule has 3 rings (SSSR count). The fourth-order valence-corrected chi connectivity index (χ4v) is 5.23. The van der Waals surface area contributed by atoms with E-state index in [2.05, 4.69) is 10.6 Å². The lowest BCUT2D eigenvalue weighted by atomic mass is 10.1. The Bertz CT molecular complexity index is 851. The Kier molecular flexibility index (Phi) is 6.24. The van der Waals surface area contributed by atoms with Crippen LogP contribution in [0.1, 0.15) is 49.4 Å². The molecule has 1 heterocycles. The van der Waals surface area contributed by atoms with Crippen LogP contribution in [0.4, 0.5) is 0 Å². The number of benzene rings is 1. The second-order valence-electron chi connectivity index (χ2n) is 7.35. The predicted octanol–water partition coefficient (Wildman–Crippen LogP) is 1.27. The molecule has 0 spiro atoms. The summed E-state index contributed by atoms with van der Waals surface area (Å²) in [4.78, 5) is 24.2. The Labute approximate surface area is 165 Å². The van der Waals surface area contributed by atoms with E-state index in [-0.39, 0.29) is 40.7 Å². The molecule has 0 aromatic heterocycles. The first-order valence-corrected chi connectivity index (χ1v) is 11.0. The Hall–Kier alpha value is -2.13. The number of hydrogen-bond acceptors (Lipinski definition) is 5. The molecule has 2 aliphatic rings. The second kappa shape index (κ2) is 8.48. The molecule has 0 bridgehead atoms. The van der Waals surface area contributed by atoms with Crippen molar-refractivity contribution in [3.05, 3.63) is 23.8 Å². The van der Waals surface area contributed by atoms with Crippen LogP contribution in [0.5, 0.6) is 5.75 Å². The van der Waals surface area contributed by atoms with Gasteiger partial charge in [0.2, 0.25) is 15.9 Å². The number of piperidine rings is 1. The highest BCUT2D eigenvalue weighted by Gasteiger charge is 2.33. The van der Waals surface area contributed by atoms with Crippen LogP contribution in [0.25, 0.3) is 0 Å². The van der Waals surface area contributed by atoms with Crippen molar-refractivity contribution < 1.29 is 22.7 Å². The van der Waals surface area contributed by atoms with E-state index >= 15 is 0 Å². The van der Waals surface area contributed by atoms with Gasteiger partial charge in [-0.2, -0.15) is 4.31 Å². The van der Waals surface area contributed by atoms with Gasteiger partial charge >= 0.3 is 0 Å². The van der Waals surface area contributed by atoms with Crippen molar-refractivity contribution in [1.82, 2.24) is 14.9 Å². The van der Waals surface area contributed by atoms with Crippen LogP contribution in [0.3, 0.4) is 0 Å². The maximum absolute atomic E-state index is 13.2. The van der Waals surface area contributed by atoms with E-state index in [1.165, 1.54) is 29.6 Å². The van der Waals surface area contributed by atoms with Crippen molar-refractivity contribution in [2.24, 2.45) is 0 Å².